The van der Waals surface area contributed by atoms with E-state index in [1.165, 1.54) is 5.56 Å². The Balaban J connectivity index is 1.39. The summed E-state index contributed by atoms with van der Waals surface area (Å²) in [7, 11) is 4.39. The maximum Gasteiger partial charge on any atom is 0.169 e. The van der Waals surface area contributed by atoms with Gasteiger partial charge in [0.15, 0.2) is 17.3 Å². The van der Waals surface area contributed by atoms with E-state index in [1.54, 1.807) is 6.07 Å². The Hall–Kier alpha value is -1.51. The average molecular weight is 431 g/mol. The SMILES string of the molecule is O=C1c2cc(OP)c(OP)cc2CC1C(O)C1CCN(Cc2ccccc2)CC1. The van der Waals surface area contributed by atoms with Crippen molar-refractivity contribution >= 4 is 24.7 Å². The number of nitrogens with zero attached hydrogens (tertiary/aromatic N) is 1. The molecule has 4 rings (SSSR count). The number of Topliss-reactive ketones (excluding diaryl/α,β-unsaturated/α-hetero) is 1. The van der Waals surface area contributed by atoms with Crippen LogP contribution in [0.5, 0.6) is 11.5 Å². The molecule has 2 aliphatic rings. The minimum absolute atomic E-state index is 0.0119. The molecule has 4 atom stereocenters. The fourth-order valence-electron chi connectivity index (χ4n) is 4.61. The normalized spacial score (nSPS) is 21.1. The fraction of sp³-hybridized carbons (Fsp3) is 0.409. The van der Waals surface area contributed by atoms with E-state index in [2.05, 4.69) is 48.1 Å². The zero-order valence-corrected chi connectivity index (χ0v) is 18.6. The molecule has 1 fully saturated rings. The lowest BCUT2D eigenvalue weighted by atomic mass is 9.82. The van der Waals surface area contributed by atoms with Crippen LogP contribution in [-0.2, 0) is 13.0 Å². The summed E-state index contributed by atoms with van der Waals surface area (Å²) < 4.78 is 10.5. The summed E-state index contributed by atoms with van der Waals surface area (Å²) in [4.78, 5) is 15.4. The van der Waals surface area contributed by atoms with Crippen LogP contribution in [0.15, 0.2) is 42.5 Å². The molecule has 1 N–H and O–H groups in total. The zero-order chi connectivity index (χ0) is 20.4. The van der Waals surface area contributed by atoms with Crippen LogP contribution in [0.2, 0.25) is 0 Å². The van der Waals surface area contributed by atoms with E-state index in [4.69, 9.17) is 9.05 Å². The molecule has 2 aromatic carbocycles. The first-order valence-corrected chi connectivity index (χ1v) is 10.9. The highest BCUT2D eigenvalue weighted by Crippen LogP contribution is 2.41. The number of hydrogen-bond acceptors (Lipinski definition) is 5. The summed E-state index contributed by atoms with van der Waals surface area (Å²) in [5, 5.41) is 11.0. The molecule has 154 valence electrons. The van der Waals surface area contributed by atoms with Gasteiger partial charge in [-0.15, -0.1) is 0 Å². The molecule has 4 unspecified atom stereocenters. The van der Waals surface area contributed by atoms with Crippen LogP contribution in [0.1, 0.15) is 34.3 Å². The summed E-state index contributed by atoms with van der Waals surface area (Å²) in [6, 6.07) is 14.0. The molecule has 1 saturated heterocycles. The Morgan fingerprint density at radius 1 is 1.07 bits per heavy atom. The van der Waals surface area contributed by atoms with Gasteiger partial charge in [0.05, 0.1) is 31.0 Å². The van der Waals surface area contributed by atoms with E-state index in [9.17, 15) is 9.90 Å². The first-order valence-electron chi connectivity index (χ1n) is 9.99. The van der Waals surface area contributed by atoms with Crippen molar-refractivity contribution in [3.05, 3.63) is 59.2 Å². The molecule has 1 heterocycles. The summed E-state index contributed by atoms with van der Waals surface area (Å²) in [6.45, 7) is 2.83. The van der Waals surface area contributed by atoms with Gasteiger partial charge in [-0.1, -0.05) is 30.3 Å². The number of fused-ring (bicyclic) bond motifs is 1. The highest BCUT2D eigenvalue weighted by atomic mass is 31.0. The lowest BCUT2D eigenvalue weighted by molar-refractivity contribution is 0.0202. The van der Waals surface area contributed by atoms with Gasteiger partial charge in [-0.2, -0.15) is 0 Å². The molecule has 0 amide bonds. The van der Waals surface area contributed by atoms with Gasteiger partial charge in [-0.05, 0) is 61.5 Å². The molecular formula is C22H27NO4P2. The van der Waals surface area contributed by atoms with E-state index in [0.717, 1.165) is 38.0 Å². The molecule has 0 aromatic heterocycles. The second-order valence-corrected chi connectivity index (χ2v) is 8.43. The van der Waals surface area contributed by atoms with Gasteiger partial charge in [0.2, 0.25) is 0 Å². The summed E-state index contributed by atoms with van der Waals surface area (Å²) >= 11 is 0. The topological polar surface area (TPSA) is 59.0 Å². The van der Waals surface area contributed by atoms with E-state index >= 15 is 0 Å². The molecular weight excluding hydrogens is 404 g/mol. The van der Waals surface area contributed by atoms with E-state index in [1.807, 2.05) is 12.1 Å². The minimum Gasteiger partial charge on any atom is -0.476 e. The number of carbonyl (C=O) groups is 1. The zero-order valence-electron chi connectivity index (χ0n) is 16.3. The molecule has 1 aliphatic heterocycles. The van der Waals surface area contributed by atoms with Gasteiger partial charge in [0, 0.05) is 12.1 Å². The summed E-state index contributed by atoms with van der Waals surface area (Å²) in [5.41, 5.74) is 2.87. The Morgan fingerprint density at radius 3 is 2.38 bits per heavy atom. The average Bonchev–Trinajstić information content (AvgIpc) is 3.09. The van der Waals surface area contributed by atoms with Crippen LogP contribution >= 0.6 is 18.9 Å². The third kappa shape index (κ3) is 4.34. The largest absolute Gasteiger partial charge is 0.476 e. The molecule has 0 saturated carbocycles. The van der Waals surface area contributed by atoms with Crippen molar-refractivity contribution in [2.75, 3.05) is 13.1 Å². The molecule has 0 spiro atoms. The Morgan fingerprint density at radius 2 is 1.72 bits per heavy atom. The van der Waals surface area contributed by atoms with Crippen molar-refractivity contribution in [2.45, 2.75) is 31.9 Å². The van der Waals surface area contributed by atoms with Crippen LogP contribution in [0.3, 0.4) is 0 Å². The molecule has 0 bridgehead atoms. The predicted octanol–water partition coefficient (Wildman–Crippen LogP) is 3.65. The maximum atomic E-state index is 13.0. The van der Waals surface area contributed by atoms with Crippen molar-refractivity contribution in [3.63, 3.8) is 0 Å². The first kappa shape index (κ1) is 20.8. The van der Waals surface area contributed by atoms with Gasteiger partial charge >= 0.3 is 0 Å². The second kappa shape index (κ2) is 9.10. The van der Waals surface area contributed by atoms with Crippen LogP contribution in [0.25, 0.3) is 0 Å². The third-order valence-corrected chi connectivity index (χ3v) is 6.75. The number of piperidine rings is 1. The number of carbonyl (C=O) groups excluding carboxylic acids is 1. The fourth-order valence-corrected chi connectivity index (χ4v) is 4.98. The Kier molecular flexibility index (Phi) is 6.51. The highest BCUT2D eigenvalue weighted by Gasteiger charge is 2.40. The summed E-state index contributed by atoms with van der Waals surface area (Å²) in [5.74, 6) is 0.855. The lowest BCUT2D eigenvalue weighted by Gasteiger charge is -2.35. The van der Waals surface area contributed by atoms with Gasteiger partial charge in [-0.3, -0.25) is 9.69 Å². The molecule has 7 heteroatoms. The Bertz CT molecular complexity index is 869. The maximum absolute atomic E-state index is 13.0. The minimum atomic E-state index is -0.616. The van der Waals surface area contributed by atoms with Crippen LogP contribution in [0.4, 0.5) is 0 Å². The second-order valence-electron chi connectivity index (χ2n) is 7.96. The summed E-state index contributed by atoms with van der Waals surface area (Å²) in [6.07, 6.45) is 1.76. The van der Waals surface area contributed by atoms with Crippen LogP contribution in [0, 0.1) is 11.8 Å². The standard InChI is InChI=1S/C22H27NO4P2/c24-21(15-6-8-23(9-7-15)13-14-4-2-1-3-5-14)18-10-16-11-19(26-28)20(27-29)12-17(16)22(18)25/h1-5,11-12,15,18,21,24H,6-10,13,28-29H2. The van der Waals surface area contributed by atoms with Crippen molar-refractivity contribution in [2.24, 2.45) is 11.8 Å². The number of hydrogen-bond donors (Lipinski definition) is 1. The van der Waals surface area contributed by atoms with Gasteiger partial charge in [0.25, 0.3) is 0 Å². The number of aliphatic hydroxyl groups is 1. The van der Waals surface area contributed by atoms with E-state index < -0.39 is 6.10 Å². The highest BCUT2D eigenvalue weighted by molar-refractivity contribution is 7.10. The predicted molar refractivity (Wildman–Crippen MR) is 119 cm³/mol. The third-order valence-electron chi connectivity index (χ3n) is 6.24. The molecule has 0 radical (unpaired) electrons. The number of aliphatic hydroxyl groups excluding tert-OH is 1. The molecule has 1 aliphatic carbocycles. The van der Waals surface area contributed by atoms with Crippen molar-refractivity contribution in [3.8, 4) is 11.5 Å². The number of rotatable bonds is 6. The molecule has 29 heavy (non-hydrogen) atoms. The van der Waals surface area contributed by atoms with E-state index in [0.29, 0.717) is 23.5 Å². The van der Waals surface area contributed by atoms with Crippen LogP contribution in [-0.4, -0.2) is 35.0 Å². The molecule has 2 aromatic rings. The number of likely N-dealkylation sites (tertiary alicyclic amines) is 1. The van der Waals surface area contributed by atoms with Gasteiger partial charge < -0.3 is 14.2 Å². The quantitative estimate of drug-likeness (QED) is 0.708. The Labute approximate surface area is 176 Å². The lowest BCUT2D eigenvalue weighted by Crippen LogP contribution is -2.41. The monoisotopic (exact) mass is 431 g/mol. The number of benzene rings is 2. The number of ketones is 1. The van der Waals surface area contributed by atoms with Crippen molar-refractivity contribution in [1.82, 2.24) is 4.90 Å². The van der Waals surface area contributed by atoms with Gasteiger partial charge in [0.1, 0.15) is 0 Å². The first-order chi connectivity index (χ1) is 14.1. The smallest absolute Gasteiger partial charge is 0.169 e. The van der Waals surface area contributed by atoms with Crippen molar-refractivity contribution in [1.29, 1.82) is 0 Å². The van der Waals surface area contributed by atoms with Crippen molar-refractivity contribution < 1.29 is 18.9 Å². The van der Waals surface area contributed by atoms with E-state index in [-0.39, 0.29) is 17.6 Å². The van der Waals surface area contributed by atoms with Crippen LogP contribution < -0.4 is 9.05 Å². The van der Waals surface area contributed by atoms with Gasteiger partial charge in [-0.25, -0.2) is 0 Å². The molecule has 5 nitrogen and oxygen atoms in total.